The highest BCUT2D eigenvalue weighted by atomic mass is 127. The van der Waals surface area contributed by atoms with Crippen LogP contribution in [0.5, 0.6) is 0 Å². The van der Waals surface area contributed by atoms with Crippen LogP contribution in [0.1, 0.15) is 42.1 Å². The molecule has 0 bridgehead atoms. The Morgan fingerprint density at radius 1 is 1.11 bits per heavy atom. The summed E-state index contributed by atoms with van der Waals surface area (Å²) in [7, 11) is 2.03. The molecule has 1 N–H and O–H groups in total. The van der Waals surface area contributed by atoms with E-state index >= 15 is 0 Å². The number of rotatable bonds is 3. The van der Waals surface area contributed by atoms with Crippen LogP contribution >= 0.6 is 33.9 Å². The third-order valence-electron chi connectivity index (χ3n) is 3.16. The zero-order valence-electron chi connectivity index (χ0n) is 11.8. The SMILES string of the molecule is CNC(c1ccc(C(C)(C)C)s1)c1ccccc1I. The van der Waals surface area contributed by atoms with Crippen LogP contribution < -0.4 is 5.32 Å². The first kappa shape index (κ1) is 15.0. The zero-order chi connectivity index (χ0) is 14.0. The third-order valence-corrected chi connectivity index (χ3v) is 5.71. The molecule has 0 fully saturated rings. The van der Waals surface area contributed by atoms with Crippen LogP contribution in [0.2, 0.25) is 0 Å². The highest BCUT2D eigenvalue weighted by Crippen LogP contribution is 2.35. The summed E-state index contributed by atoms with van der Waals surface area (Å²) in [5.74, 6) is 0. The van der Waals surface area contributed by atoms with E-state index in [1.807, 2.05) is 18.4 Å². The molecule has 102 valence electrons. The number of nitrogens with one attached hydrogen (secondary N) is 1. The fraction of sp³-hybridized carbons (Fsp3) is 0.375. The van der Waals surface area contributed by atoms with Gasteiger partial charge in [0, 0.05) is 13.3 Å². The summed E-state index contributed by atoms with van der Waals surface area (Å²) in [6.45, 7) is 6.80. The minimum atomic E-state index is 0.227. The Bertz CT molecular complexity index is 554. The Balaban J connectivity index is 2.38. The molecule has 1 aromatic carbocycles. The first-order valence-electron chi connectivity index (χ1n) is 6.45. The topological polar surface area (TPSA) is 12.0 Å². The standard InChI is InChI=1S/C16H20INS/c1-16(2,3)14-10-9-13(19-14)15(18-4)11-7-5-6-8-12(11)17/h5-10,15,18H,1-4H3. The highest BCUT2D eigenvalue weighted by Gasteiger charge is 2.21. The molecule has 2 rings (SSSR count). The molecular weight excluding hydrogens is 365 g/mol. The maximum absolute atomic E-state index is 3.45. The molecule has 0 aliphatic heterocycles. The normalized spacial score (nSPS) is 13.5. The van der Waals surface area contributed by atoms with Crippen molar-refractivity contribution in [2.45, 2.75) is 32.2 Å². The van der Waals surface area contributed by atoms with Crippen molar-refractivity contribution in [2.24, 2.45) is 0 Å². The van der Waals surface area contributed by atoms with Gasteiger partial charge in [0.25, 0.3) is 0 Å². The van der Waals surface area contributed by atoms with Crippen molar-refractivity contribution < 1.29 is 0 Å². The zero-order valence-corrected chi connectivity index (χ0v) is 14.8. The van der Waals surface area contributed by atoms with Gasteiger partial charge in [-0.3, -0.25) is 0 Å². The molecule has 0 aliphatic carbocycles. The molecule has 0 radical (unpaired) electrons. The molecule has 1 atom stereocenters. The minimum Gasteiger partial charge on any atom is -0.309 e. The lowest BCUT2D eigenvalue weighted by Gasteiger charge is -2.18. The lowest BCUT2D eigenvalue weighted by molar-refractivity contribution is 0.604. The molecule has 1 unspecified atom stereocenters. The fourth-order valence-corrected chi connectivity index (χ4v) is 3.97. The maximum Gasteiger partial charge on any atom is 0.0679 e. The van der Waals surface area contributed by atoms with Crippen LogP contribution in [0.15, 0.2) is 36.4 Å². The molecule has 0 aliphatic rings. The Kier molecular flexibility index (Phi) is 4.69. The van der Waals surface area contributed by atoms with Gasteiger partial charge < -0.3 is 5.32 Å². The van der Waals surface area contributed by atoms with Crippen LogP contribution in [0, 0.1) is 3.57 Å². The second kappa shape index (κ2) is 5.94. The van der Waals surface area contributed by atoms with Gasteiger partial charge in [-0.1, -0.05) is 39.0 Å². The minimum absolute atomic E-state index is 0.227. The predicted molar refractivity (Wildman–Crippen MR) is 93.1 cm³/mol. The Morgan fingerprint density at radius 3 is 2.32 bits per heavy atom. The Labute approximate surface area is 133 Å². The number of benzene rings is 1. The van der Waals surface area contributed by atoms with Crippen molar-refractivity contribution in [3.63, 3.8) is 0 Å². The van der Waals surface area contributed by atoms with E-state index in [2.05, 4.69) is 85.1 Å². The first-order valence-corrected chi connectivity index (χ1v) is 8.35. The van der Waals surface area contributed by atoms with Gasteiger partial charge in [0.15, 0.2) is 0 Å². The van der Waals surface area contributed by atoms with Crippen LogP contribution in [0.4, 0.5) is 0 Å². The summed E-state index contributed by atoms with van der Waals surface area (Å²) >= 11 is 4.32. The van der Waals surface area contributed by atoms with E-state index in [4.69, 9.17) is 0 Å². The van der Waals surface area contributed by atoms with E-state index in [0.717, 1.165) is 0 Å². The quantitative estimate of drug-likeness (QED) is 0.737. The Morgan fingerprint density at radius 2 is 1.79 bits per heavy atom. The molecular formula is C16H20INS. The monoisotopic (exact) mass is 385 g/mol. The number of thiophene rings is 1. The van der Waals surface area contributed by atoms with Crippen molar-refractivity contribution in [2.75, 3.05) is 7.05 Å². The lowest BCUT2D eigenvalue weighted by Crippen LogP contribution is -2.17. The van der Waals surface area contributed by atoms with E-state index in [-0.39, 0.29) is 11.5 Å². The maximum atomic E-state index is 3.45. The highest BCUT2D eigenvalue weighted by molar-refractivity contribution is 14.1. The average molecular weight is 385 g/mol. The van der Waals surface area contributed by atoms with Gasteiger partial charge in [0.2, 0.25) is 0 Å². The van der Waals surface area contributed by atoms with E-state index in [1.54, 1.807) is 0 Å². The summed E-state index contributed by atoms with van der Waals surface area (Å²) in [6, 6.07) is 13.4. The van der Waals surface area contributed by atoms with Gasteiger partial charge in [-0.25, -0.2) is 0 Å². The second-order valence-corrected chi connectivity index (χ2v) is 7.97. The molecule has 1 aromatic heterocycles. The number of hydrogen-bond acceptors (Lipinski definition) is 2. The summed E-state index contributed by atoms with van der Waals surface area (Å²) in [5.41, 5.74) is 1.58. The van der Waals surface area contributed by atoms with Crippen LogP contribution in [0.3, 0.4) is 0 Å². The Hall–Kier alpha value is -0.390. The van der Waals surface area contributed by atoms with Crippen molar-refractivity contribution in [1.82, 2.24) is 5.32 Å². The molecule has 0 saturated heterocycles. The molecule has 19 heavy (non-hydrogen) atoms. The smallest absolute Gasteiger partial charge is 0.0679 e. The van der Waals surface area contributed by atoms with E-state index < -0.39 is 0 Å². The summed E-state index contributed by atoms with van der Waals surface area (Å²) < 4.78 is 1.31. The van der Waals surface area contributed by atoms with E-state index in [0.29, 0.717) is 0 Å². The van der Waals surface area contributed by atoms with Gasteiger partial charge in [-0.05, 0) is 58.8 Å². The van der Waals surface area contributed by atoms with Crippen molar-refractivity contribution in [3.8, 4) is 0 Å². The number of hydrogen-bond donors (Lipinski definition) is 1. The van der Waals surface area contributed by atoms with Gasteiger partial charge in [0.1, 0.15) is 0 Å². The third kappa shape index (κ3) is 3.38. The van der Waals surface area contributed by atoms with Gasteiger partial charge in [0.05, 0.1) is 6.04 Å². The van der Waals surface area contributed by atoms with Gasteiger partial charge >= 0.3 is 0 Å². The summed E-state index contributed by atoms with van der Waals surface area (Å²) in [4.78, 5) is 2.82. The second-order valence-electron chi connectivity index (χ2n) is 5.70. The van der Waals surface area contributed by atoms with Gasteiger partial charge in [-0.2, -0.15) is 0 Å². The van der Waals surface area contributed by atoms with Gasteiger partial charge in [-0.15, -0.1) is 11.3 Å². The molecule has 0 spiro atoms. The predicted octanol–water partition coefficient (Wildman–Crippen LogP) is 4.96. The lowest BCUT2D eigenvalue weighted by atomic mass is 9.95. The van der Waals surface area contributed by atoms with Crippen LogP contribution in [-0.2, 0) is 5.41 Å². The molecule has 1 heterocycles. The largest absolute Gasteiger partial charge is 0.309 e. The molecule has 0 amide bonds. The first-order chi connectivity index (χ1) is 8.93. The molecule has 2 aromatic rings. The van der Waals surface area contributed by atoms with Crippen LogP contribution in [-0.4, -0.2) is 7.05 Å². The number of halogens is 1. The molecule has 3 heteroatoms. The van der Waals surface area contributed by atoms with Crippen molar-refractivity contribution in [3.05, 3.63) is 55.3 Å². The van der Waals surface area contributed by atoms with E-state index in [1.165, 1.54) is 18.9 Å². The van der Waals surface area contributed by atoms with Crippen molar-refractivity contribution in [1.29, 1.82) is 0 Å². The fourth-order valence-electron chi connectivity index (χ4n) is 2.07. The average Bonchev–Trinajstić information content (AvgIpc) is 2.82. The summed E-state index contributed by atoms with van der Waals surface area (Å²) in [5, 5.41) is 3.45. The van der Waals surface area contributed by atoms with E-state index in [9.17, 15) is 0 Å². The molecule has 1 nitrogen and oxygen atoms in total. The van der Waals surface area contributed by atoms with Crippen LogP contribution in [0.25, 0.3) is 0 Å². The summed E-state index contributed by atoms with van der Waals surface area (Å²) in [6.07, 6.45) is 0. The van der Waals surface area contributed by atoms with Crippen molar-refractivity contribution >= 4 is 33.9 Å². The molecule has 0 saturated carbocycles.